The van der Waals surface area contributed by atoms with Crippen LogP contribution < -0.4 is 11.1 Å². The van der Waals surface area contributed by atoms with Crippen LogP contribution in [0.25, 0.3) is 26.1 Å². The summed E-state index contributed by atoms with van der Waals surface area (Å²) in [7, 11) is 0. The molecule has 5 rings (SSSR count). The Morgan fingerprint density at radius 1 is 1.06 bits per heavy atom. The van der Waals surface area contributed by atoms with Gasteiger partial charge in [-0.25, -0.2) is 9.97 Å². The van der Waals surface area contributed by atoms with Crippen molar-refractivity contribution in [2.45, 2.75) is 38.6 Å². The monoisotopic (exact) mass is 480 g/mol. The van der Waals surface area contributed by atoms with Crippen LogP contribution in [0.1, 0.15) is 27.4 Å². The summed E-state index contributed by atoms with van der Waals surface area (Å²) in [6.45, 7) is 8.04. The molecule has 0 amide bonds. The first kappa shape index (κ1) is 21.1. The lowest BCUT2D eigenvalue weighted by atomic mass is 10.1. The Morgan fingerprint density at radius 2 is 1.88 bits per heavy atom. The minimum Gasteiger partial charge on any atom is -0.309 e. The normalized spacial score (nSPS) is 11.6. The third-order valence-corrected chi connectivity index (χ3v) is 8.64. The highest BCUT2D eigenvalue weighted by Gasteiger charge is 2.20. The standard InChI is InChI=1S/C23H20N4O2S3/c1-11-6-5-7-16(12(11)2)27-22(29)18-13(3)14(4)32-21(18)26-23(27)31-10-17-24-15-8-9-30-19(15)20(28)25-17/h5-9H,10H2,1-4H3,(H,24,25,28). The van der Waals surface area contributed by atoms with E-state index < -0.39 is 0 Å². The Hall–Kier alpha value is -2.75. The third-order valence-electron chi connectivity index (χ3n) is 5.69. The second-order valence-corrected chi connectivity index (χ2v) is 10.7. The molecule has 0 aliphatic rings. The number of fused-ring (bicyclic) bond motifs is 2. The average molecular weight is 481 g/mol. The van der Waals surface area contributed by atoms with Crippen LogP contribution in [0.3, 0.4) is 0 Å². The molecule has 1 N–H and O–H groups in total. The van der Waals surface area contributed by atoms with Gasteiger partial charge < -0.3 is 4.98 Å². The molecule has 0 bridgehead atoms. The van der Waals surface area contributed by atoms with Gasteiger partial charge in [0.25, 0.3) is 11.1 Å². The number of thioether (sulfide) groups is 1. The maximum atomic E-state index is 13.7. The van der Waals surface area contributed by atoms with E-state index in [4.69, 9.17) is 4.98 Å². The van der Waals surface area contributed by atoms with Crippen LogP contribution in [0.15, 0.2) is 44.4 Å². The van der Waals surface area contributed by atoms with E-state index in [1.54, 1.807) is 4.57 Å². The first-order valence-electron chi connectivity index (χ1n) is 10.0. The molecule has 5 aromatic rings. The quantitative estimate of drug-likeness (QED) is 0.280. The number of rotatable bonds is 4. The first-order valence-corrected chi connectivity index (χ1v) is 12.7. The number of hydrogen-bond acceptors (Lipinski definition) is 7. The second kappa shape index (κ2) is 7.99. The molecule has 0 radical (unpaired) electrons. The summed E-state index contributed by atoms with van der Waals surface area (Å²) in [6.07, 6.45) is 0. The fourth-order valence-electron chi connectivity index (χ4n) is 3.69. The topological polar surface area (TPSA) is 80.6 Å². The molecule has 0 saturated carbocycles. The van der Waals surface area contributed by atoms with E-state index in [9.17, 15) is 9.59 Å². The number of thiophene rings is 2. The Morgan fingerprint density at radius 3 is 2.69 bits per heavy atom. The highest BCUT2D eigenvalue weighted by Crippen LogP contribution is 2.31. The smallest absolute Gasteiger partial charge is 0.268 e. The van der Waals surface area contributed by atoms with E-state index in [-0.39, 0.29) is 11.1 Å². The van der Waals surface area contributed by atoms with Gasteiger partial charge in [-0.2, -0.15) is 0 Å². The van der Waals surface area contributed by atoms with E-state index in [1.807, 2.05) is 57.3 Å². The van der Waals surface area contributed by atoms with Crippen molar-refractivity contribution in [2.24, 2.45) is 0 Å². The zero-order chi connectivity index (χ0) is 22.6. The van der Waals surface area contributed by atoms with Gasteiger partial charge in [-0.05, 0) is 61.9 Å². The molecule has 0 aliphatic heterocycles. The van der Waals surface area contributed by atoms with Gasteiger partial charge in [-0.15, -0.1) is 22.7 Å². The molecule has 4 heterocycles. The van der Waals surface area contributed by atoms with E-state index in [1.165, 1.54) is 34.4 Å². The predicted molar refractivity (Wildman–Crippen MR) is 134 cm³/mol. The summed E-state index contributed by atoms with van der Waals surface area (Å²) in [5.74, 6) is 0.957. The first-order chi connectivity index (χ1) is 15.3. The Balaban J connectivity index is 1.67. The Bertz CT molecular complexity index is 1620. The average Bonchev–Trinajstić information content (AvgIpc) is 3.34. The van der Waals surface area contributed by atoms with E-state index in [2.05, 4.69) is 9.97 Å². The molecular weight excluding hydrogens is 460 g/mol. The van der Waals surface area contributed by atoms with Crippen molar-refractivity contribution in [2.75, 3.05) is 0 Å². The van der Waals surface area contributed by atoms with Crippen molar-refractivity contribution in [1.29, 1.82) is 0 Å². The molecule has 0 aliphatic carbocycles. The van der Waals surface area contributed by atoms with Gasteiger partial charge in [0.2, 0.25) is 0 Å². The van der Waals surface area contributed by atoms with Gasteiger partial charge >= 0.3 is 0 Å². The predicted octanol–water partition coefficient (Wildman–Crippen LogP) is 5.27. The van der Waals surface area contributed by atoms with E-state index in [0.29, 0.717) is 32.3 Å². The highest BCUT2D eigenvalue weighted by atomic mass is 32.2. The van der Waals surface area contributed by atoms with Crippen LogP contribution >= 0.6 is 34.4 Å². The Kier molecular flexibility index (Phi) is 5.27. The van der Waals surface area contributed by atoms with Crippen molar-refractivity contribution >= 4 is 54.9 Å². The molecule has 9 heteroatoms. The van der Waals surface area contributed by atoms with Gasteiger partial charge in [0.05, 0.1) is 22.3 Å². The third kappa shape index (κ3) is 3.41. The number of aromatic nitrogens is 4. The summed E-state index contributed by atoms with van der Waals surface area (Å²) in [6, 6.07) is 7.79. The van der Waals surface area contributed by atoms with Crippen molar-refractivity contribution in [1.82, 2.24) is 19.5 Å². The lowest BCUT2D eigenvalue weighted by molar-refractivity contribution is 0.814. The number of H-pyrrole nitrogens is 1. The highest BCUT2D eigenvalue weighted by molar-refractivity contribution is 7.98. The van der Waals surface area contributed by atoms with Crippen molar-refractivity contribution in [3.63, 3.8) is 0 Å². The summed E-state index contributed by atoms with van der Waals surface area (Å²) >= 11 is 4.32. The zero-order valence-electron chi connectivity index (χ0n) is 18.0. The number of hydrogen-bond donors (Lipinski definition) is 1. The molecular formula is C23H20N4O2S3. The van der Waals surface area contributed by atoms with Crippen LogP contribution in [-0.4, -0.2) is 19.5 Å². The molecule has 0 fully saturated rings. The van der Waals surface area contributed by atoms with Crippen LogP contribution in [0.2, 0.25) is 0 Å². The molecule has 162 valence electrons. The van der Waals surface area contributed by atoms with Gasteiger partial charge in [0.15, 0.2) is 5.16 Å². The van der Waals surface area contributed by atoms with Crippen molar-refractivity contribution in [3.8, 4) is 5.69 Å². The van der Waals surface area contributed by atoms with E-state index in [0.717, 1.165) is 32.1 Å². The number of nitrogens with zero attached hydrogens (tertiary/aromatic N) is 3. The minimum absolute atomic E-state index is 0.0669. The van der Waals surface area contributed by atoms with Crippen LogP contribution in [-0.2, 0) is 5.75 Å². The number of benzene rings is 1. The largest absolute Gasteiger partial charge is 0.309 e. The maximum absolute atomic E-state index is 13.7. The summed E-state index contributed by atoms with van der Waals surface area (Å²) in [5, 5.41) is 3.12. The second-order valence-electron chi connectivity index (χ2n) is 7.65. The summed E-state index contributed by atoms with van der Waals surface area (Å²) < 4.78 is 2.32. The van der Waals surface area contributed by atoms with Crippen LogP contribution in [0.4, 0.5) is 0 Å². The summed E-state index contributed by atoms with van der Waals surface area (Å²) in [5.41, 5.74) is 4.43. The maximum Gasteiger partial charge on any atom is 0.268 e. The van der Waals surface area contributed by atoms with Crippen molar-refractivity contribution in [3.05, 3.63) is 77.7 Å². The molecule has 0 saturated heterocycles. The van der Waals surface area contributed by atoms with Gasteiger partial charge in [0, 0.05) is 4.88 Å². The molecule has 4 aromatic heterocycles. The number of aryl methyl sites for hydroxylation is 3. The number of aromatic amines is 1. The van der Waals surface area contributed by atoms with Crippen LogP contribution in [0, 0.1) is 27.7 Å². The van der Waals surface area contributed by atoms with Gasteiger partial charge in [0.1, 0.15) is 15.4 Å². The molecule has 0 atom stereocenters. The Labute approximate surface area is 196 Å². The fourth-order valence-corrected chi connectivity index (χ4v) is 6.36. The lowest BCUT2D eigenvalue weighted by Gasteiger charge is -2.15. The van der Waals surface area contributed by atoms with Crippen molar-refractivity contribution < 1.29 is 0 Å². The lowest BCUT2D eigenvalue weighted by Crippen LogP contribution is -2.22. The zero-order valence-corrected chi connectivity index (χ0v) is 20.4. The summed E-state index contributed by atoms with van der Waals surface area (Å²) in [4.78, 5) is 40.2. The van der Waals surface area contributed by atoms with E-state index >= 15 is 0 Å². The minimum atomic E-state index is -0.138. The molecule has 0 unspecified atom stereocenters. The molecule has 0 spiro atoms. The van der Waals surface area contributed by atoms with Gasteiger partial charge in [-0.3, -0.25) is 14.2 Å². The molecule has 6 nitrogen and oxygen atoms in total. The van der Waals surface area contributed by atoms with Crippen LogP contribution in [0.5, 0.6) is 0 Å². The number of nitrogens with one attached hydrogen (secondary N) is 1. The fraction of sp³-hybridized carbons (Fsp3) is 0.217. The SMILES string of the molecule is Cc1cccc(-n2c(SCc3nc4ccsc4c(=O)[nH]3)nc3sc(C)c(C)c3c2=O)c1C. The van der Waals surface area contributed by atoms with Gasteiger partial charge in [-0.1, -0.05) is 23.9 Å². The molecule has 1 aromatic carbocycles. The molecule has 32 heavy (non-hydrogen) atoms.